The largest absolute Gasteiger partial charge is 0.493 e. The van der Waals surface area contributed by atoms with E-state index >= 15 is 0 Å². The molecule has 0 radical (unpaired) electrons. The second-order valence-electron chi connectivity index (χ2n) is 6.09. The van der Waals surface area contributed by atoms with Gasteiger partial charge in [-0.2, -0.15) is 0 Å². The van der Waals surface area contributed by atoms with Crippen LogP contribution in [0.3, 0.4) is 0 Å². The molecule has 0 aliphatic heterocycles. The first-order valence-corrected chi connectivity index (χ1v) is 10.4. The third kappa shape index (κ3) is 6.23. The topological polar surface area (TPSA) is 64.6 Å². The number of carbonyl (C=O) groups excluding carboxylic acids is 2. The maximum absolute atomic E-state index is 12.4. The Balaban J connectivity index is 2.10. The standard InChI is InChI=1S/C22H27NO4S/c1-4-7-14-27-19-11-9-8-10-16(19)12-13-20(24)23-21-18(22(25)26-6-3)15-17(5-2)28-21/h8-13,15H,4-7,14H2,1-3H3,(H,23,24)/b13-12+. The van der Waals surface area contributed by atoms with Crippen LogP contribution in [0.1, 0.15) is 54.4 Å². The number of hydrogen-bond donors (Lipinski definition) is 1. The van der Waals surface area contributed by atoms with Gasteiger partial charge in [-0.3, -0.25) is 4.79 Å². The summed E-state index contributed by atoms with van der Waals surface area (Å²) in [5.41, 5.74) is 1.23. The fourth-order valence-corrected chi connectivity index (χ4v) is 3.45. The van der Waals surface area contributed by atoms with Crippen molar-refractivity contribution in [2.24, 2.45) is 0 Å². The zero-order valence-corrected chi connectivity index (χ0v) is 17.4. The minimum absolute atomic E-state index is 0.290. The number of nitrogens with one attached hydrogen (secondary N) is 1. The molecule has 0 atom stereocenters. The SMILES string of the molecule is CCCCOc1ccccc1/C=C/C(=O)Nc1sc(CC)cc1C(=O)OCC. The number of carbonyl (C=O) groups is 2. The number of unbranched alkanes of at least 4 members (excludes halogenated alkanes) is 1. The lowest BCUT2D eigenvalue weighted by Crippen LogP contribution is -2.11. The molecule has 0 aliphatic carbocycles. The Bertz CT molecular complexity index is 826. The summed E-state index contributed by atoms with van der Waals surface area (Å²) in [6.45, 7) is 6.80. The van der Waals surface area contributed by atoms with Gasteiger partial charge in [0.25, 0.3) is 0 Å². The first-order valence-electron chi connectivity index (χ1n) is 9.59. The summed E-state index contributed by atoms with van der Waals surface area (Å²) in [5, 5.41) is 3.31. The van der Waals surface area contributed by atoms with E-state index in [0.717, 1.165) is 35.5 Å². The first-order chi connectivity index (χ1) is 13.6. The number of hydrogen-bond acceptors (Lipinski definition) is 5. The zero-order valence-electron chi connectivity index (χ0n) is 16.6. The Morgan fingerprint density at radius 1 is 1.18 bits per heavy atom. The van der Waals surface area contributed by atoms with Gasteiger partial charge in [-0.25, -0.2) is 4.79 Å². The van der Waals surface area contributed by atoms with Crippen molar-refractivity contribution in [2.75, 3.05) is 18.5 Å². The lowest BCUT2D eigenvalue weighted by molar-refractivity contribution is -0.111. The molecule has 0 saturated carbocycles. The van der Waals surface area contributed by atoms with Crippen LogP contribution in [0.2, 0.25) is 0 Å². The molecule has 5 nitrogen and oxygen atoms in total. The quantitative estimate of drug-likeness (QED) is 0.332. The number of thiophene rings is 1. The molecule has 1 aromatic heterocycles. The molecule has 0 saturated heterocycles. The molecular formula is C22H27NO4S. The number of rotatable bonds is 10. The highest BCUT2D eigenvalue weighted by Crippen LogP contribution is 2.29. The molecule has 2 aromatic rings. The van der Waals surface area contributed by atoms with Crippen LogP contribution in [-0.2, 0) is 16.0 Å². The van der Waals surface area contributed by atoms with E-state index in [0.29, 0.717) is 17.2 Å². The van der Waals surface area contributed by atoms with E-state index in [1.807, 2.05) is 31.2 Å². The maximum Gasteiger partial charge on any atom is 0.341 e. The van der Waals surface area contributed by atoms with Crippen molar-refractivity contribution in [1.29, 1.82) is 0 Å². The number of aryl methyl sites for hydroxylation is 1. The van der Waals surface area contributed by atoms with Crippen molar-refractivity contribution >= 4 is 34.3 Å². The van der Waals surface area contributed by atoms with Gasteiger partial charge in [-0.05, 0) is 38.0 Å². The van der Waals surface area contributed by atoms with Crippen LogP contribution in [0.5, 0.6) is 5.75 Å². The molecule has 1 N–H and O–H groups in total. The van der Waals surface area contributed by atoms with Crippen LogP contribution in [0.15, 0.2) is 36.4 Å². The monoisotopic (exact) mass is 401 g/mol. The fraction of sp³-hybridized carbons (Fsp3) is 0.364. The Labute approximate surface area is 170 Å². The van der Waals surface area contributed by atoms with Crippen molar-refractivity contribution in [2.45, 2.75) is 40.0 Å². The highest BCUT2D eigenvalue weighted by Gasteiger charge is 2.18. The van der Waals surface area contributed by atoms with Crippen LogP contribution in [0.25, 0.3) is 6.08 Å². The molecular weight excluding hydrogens is 374 g/mol. The lowest BCUT2D eigenvalue weighted by atomic mass is 10.2. The zero-order chi connectivity index (χ0) is 20.4. The van der Waals surface area contributed by atoms with E-state index < -0.39 is 5.97 Å². The lowest BCUT2D eigenvalue weighted by Gasteiger charge is -2.08. The summed E-state index contributed by atoms with van der Waals surface area (Å²) in [6, 6.07) is 9.37. The molecule has 1 amide bonds. The average molecular weight is 402 g/mol. The van der Waals surface area contributed by atoms with Gasteiger partial charge in [0.1, 0.15) is 10.8 Å². The normalized spacial score (nSPS) is 10.8. The Morgan fingerprint density at radius 2 is 1.96 bits per heavy atom. The minimum Gasteiger partial charge on any atom is -0.493 e. The van der Waals surface area contributed by atoms with Crippen LogP contribution in [0.4, 0.5) is 5.00 Å². The minimum atomic E-state index is -0.424. The molecule has 0 bridgehead atoms. The number of ether oxygens (including phenoxy) is 2. The van der Waals surface area contributed by atoms with Gasteiger partial charge >= 0.3 is 5.97 Å². The maximum atomic E-state index is 12.4. The molecule has 0 unspecified atom stereocenters. The van der Waals surface area contributed by atoms with Gasteiger partial charge in [0.15, 0.2) is 0 Å². The van der Waals surface area contributed by atoms with Crippen molar-refractivity contribution < 1.29 is 19.1 Å². The van der Waals surface area contributed by atoms with Crippen molar-refractivity contribution in [1.82, 2.24) is 0 Å². The van der Waals surface area contributed by atoms with E-state index in [9.17, 15) is 9.59 Å². The molecule has 2 rings (SSSR count). The van der Waals surface area contributed by atoms with Gasteiger partial charge in [0, 0.05) is 16.5 Å². The van der Waals surface area contributed by atoms with E-state index in [2.05, 4.69) is 12.2 Å². The Hall–Kier alpha value is -2.60. The van der Waals surface area contributed by atoms with Crippen molar-refractivity contribution in [3.8, 4) is 5.75 Å². The van der Waals surface area contributed by atoms with Gasteiger partial charge in [-0.1, -0.05) is 38.5 Å². The predicted octanol–water partition coefficient (Wildman–Crippen LogP) is 5.32. The van der Waals surface area contributed by atoms with Crippen LogP contribution >= 0.6 is 11.3 Å². The van der Waals surface area contributed by atoms with Gasteiger partial charge in [0.05, 0.1) is 18.8 Å². The molecule has 1 heterocycles. The molecule has 6 heteroatoms. The summed E-state index contributed by atoms with van der Waals surface area (Å²) in [5.74, 6) is 0.0161. The van der Waals surface area contributed by atoms with Gasteiger partial charge < -0.3 is 14.8 Å². The summed E-state index contributed by atoms with van der Waals surface area (Å²) >= 11 is 1.39. The molecule has 0 aliphatic rings. The second-order valence-corrected chi connectivity index (χ2v) is 7.23. The van der Waals surface area contributed by atoms with Crippen LogP contribution in [0, 0.1) is 0 Å². The van der Waals surface area contributed by atoms with E-state index in [1.54, 1.807) is 19.1 Å². The van der Waals surface area contributed by atoms with Crippen molar-refractivity contribution in [3.63, 3.8) is 0 Å². The second kappa shape index (κ2) is 11.3. The van der Waals surface area contributed by atoms with Crippen LogP contribution < -0.4 is 10.1 Å². The van der Waals surface area contributed by atoms with Gasteiger partial charge in [-0.15, -0.1) is 11.3 Å². The van der Waals surface area contributed by atoms with Crippen molar-refractivity contribution in [3.05, 3.63) is 52.4 Å². The van der Waals surface area contributed by atoms with Crippen LogP contribution in [-0.4, -0.2) is 25.1 Å². The van der Waals surface area contributed by atoms with E-state index in [1.165, 1.54) is 17.4 Å². The number of para-hydroxylation sites is 1. The molecule has 0 fully saturated rings. The number of benzene rings is 1. The third-order valence-electron chi connectivity index (χ3n) is 3.95. The highest BCUT2D eigenvalue weighted by atomic mass is 32.1. The summed E-state index contributed by atoms with van der Waals surface area (Å²) in [7, 11) is 0. The smallest absolute Gasteiger partial charge is 0.341 e. The summed E-state index contributed by atoms with van der Waals surface area (Å²) in [4.78, 5) is 25.5. The predicted molar refractivity (Wildman–Crippen MR) is 114 cm³/mol. The molecule has 150 valence electrons. The average Bonchev–Trinajstić information content (AvgIpc) is 3.10. The summed E-state index contributed by atoms with van der Waals surface area (Å²) < 4.78 is 10.9. The number of amides is 1. The number of esters is 1. The Kier molecular flexibility index (Phi) is 8.75. The molecule has 28 heavy (non-hydrogen) atoms. The number of anilines is 1. The van der Waals surface area contributed by atoms with E-state index in [-0.39, 0.29) is 12.5 Å². The first kappa shape index (κ1) is 21.7. The van der Waals surface area contributed by atoms with Gasteiger partial charge in [0.2, 0.25) is 5.91 Å². The fourth-order valence-electron chi connectivity index (χ4n) is 2.46. The molecule has 1 aromatic carbocycles. The third-order valence-corrected chi connectivity index (χ3v) is 5.15. The van der Waals surface area contributed by atoms with E-state index in [4.69, 9.17) is 9.47 Å². The summed E-state index contributed by atoms with van der Waals surface area (Å²) in [6.07, 6.45) is 5.99. The highest BCUT2D eigenvalue weighted by molar-refractivity contribution is 7.16. The Morgan fingerprint density at radius 3 is 2.68 bits per heavy atom. The molecule has 0 spiro atoms.